The Morgan fingerprint density at radius 3 is 2.61 bits per heavy atom. The molecule has 100 valence electrons. The summed E-state index contributed by atoms with van der Waals surface area (Å²) in [4.78, 5) is 0. The summed E-state index contributed by atoms with van der Waals surface area (Å²) in [6.07, 6.45) is 4.00. The number of aliphatic hydroxyl groups excluding tert-OH is 1. The first-order valence-electron chi connectivity index (χ1n) is 6.70. The largest absolute Gasteiger partial charge is 0.497 e. The zero-order chi connectivity index (χ0) is 13.0. The molecule has 3 nitrogen and oxygen atoms in total. The fourth-order valence-electron chi connectivity index (χ4n) is 3.10. The summed E-state index contributed by atoms with van der Waals surface area (Å²) >= 11 is 0. The van der Waals surface area contributed by atoms with E-state index in [9.17, 15) is 5.11 Å². The minimum absolute atomic E-state index is 0.140. The van der Waals surface area contributed by atoms with E-state index in [1.165, 1.54) is 12.0 Å². The van der Waals surface area contributed by atoms with Gasteiger partial charge in [-0.05, 0) is 37.6 Å². The molecule has 1 aliphatic carbocycles. The highest BCUT2D eigenvalue weighted by molar-refractivity contribution is 5.34. The van der Waals surface area contributed by atoms with Gasteiger partial charge in [-0.15, -0.1) is 0 Å². The van der Waals surface area contributed by atoms with Gasteiger partial charge in [0.1, 0.15) is 5.75 Å². The third-order valence-electron chi connectivity index (χ3n) is 4.15. The SMILES string of the molecule is CNCC1(c2ccc(OC)cc2)CCCCC1O. The summed E-state index contributed by atoms with van der Waals surface area (Å²) in [6, 6.07) is 8.14. The van der Waals surface area contributed by atoms with Gasteiger partial charge in [-0.2, -0.15) is 0 Å². The van der Waals surface area contributed by atoms with E-state index in [4.69, 9.17) is 4.74 Å². The predicted molar refractivity (Wildman–Crippen MR) is 73.1 cm³/mol. The number of ether oxygens (including phenoxy) is 1. The maximum absolute atomic E-state index is 10.5. The normalized spacial score (nSPS) is 28.1. The van der Waals surface area contributed by atoms with Gasteiger partial charge in [0.2, 0.25) is 0 Å². The van der Waals surface area contributed by atoms with Crippen molar-refractivity contribution in [1.29, 1.82) is 0 Å². The molecule has 0 radical (unpaired) electrons. The van der Waals surface area contributed by atoms with Crippen LogP contribution in [0.25, 0.3) is 0 Å². The molecular weight excluding hydrogens is 226 g/mol. The predicted octanol–water partition coefficient (Wildman–Crippen LogP) is 2.09. The third kappa shape index (κ3) is 2.38. The van der Waals surface area contributed by atoms with Gasteiger partial charge in [0.25, 0.3) is 0 Å². The lowest BCUT2D eigenvalue weighted by atomic mass is 9.67. The summed E-state index contributed by atoms with van der Waals surface area (Å²) in [5, 5.41) is 13.7. The van der Waals surface area contributed by atoms with Gasteiger partial charge in [-0.1, -0.05) is 25.0 Å². The first-order valence-corrected chi connectivity index (χ1v) is 6.70. The smallest absolute Gasteiger partial charge is 0.118 e. The van der Waals surface area contributed by atoms with Gasteiger partial charge in [0.15, 0.2) is 0 Å². The Morgan fingerprint density at radius 2 is 2.06 bits per heavy atom. The van der Waals surface area contributed by atoms with Crippen molar-refractivity contribution >= 4 is 0 Å². The zero-order valence-corrected chi connectivity index (χ0v) is 11.3. The Hall–Kier alpha value is -1.06. The fraction of sp³-hybridized carbons (Fsp3) is 0.600. The van der Waals surface area contributed by atoms with E-state index in [0.29, 0.717) is 0 Å². The van der Waals surface area contributed by atoms with E-state index < -0.39 is 0 Å². The molecule has 2 rings (SSSR count). The monoisotopic (exact) mass is 249 g/mol. The molecule has 0 spiro atoms. The first-order chi connectivity index (χ1) is 8.73. The molecule has 1 saturated carbocycles. The maximum atomic E-state index is 10.5. The quantitative estimate of drug-likeness (QED) is 0.858. The van der Waals surface area contributed by atoms with Crippen LogP contribution in [0.15, 0.2) is 24.3 Å². The van der Waals surface area contributed by atoms with Crippen molar-refractivity contribution in [3.8, 4) is 5.75 Å². The topological polar surface area (TPSA) is 41.5 Å². The molecule has 0 bridgehead atoms. The molecule has 2 atom stereocenters. The Morgan fingerprint density at radius 1 is 1.33 bits per heavy atom. The van der Waals surface area contributed by atoms with Crippen LogP contribution in [0.5, 0.6) is 5.75 Å². The van der Waals surface area contributed by atoms with Crippen molar-refractivity contribution in [3.05, 3.63) is 29.8 Å². The van der Waals surface area contributed by atoms with Crippen molar-refractivity contribution in [3.63, 3.8) is 0 Å². The van der Waals surface area contributed by atoms with E-state index in [0.717, 1.165) is 31.6 Å². The standard InChI is InChI=1S/C15H23NO2/c1-16-11-15(10-4-3-5-14(15)17)12-6-8-13(18-2)9-7-12/h6-9,14,16-17H,3-5,10-11H2,1-2H3. The van der Waals surface area contributed by atoms with E-state index >= 15 is 0 Å². The van der Waals surface area contributed by atoms with E-state index in [2.05, 4.69) is 17.4 Å². The molecule has 0 aliphatic heterocycles. The van der Waals surface area contributed by atoms with E-state index in [1.54, 1.807) is 7.11 Å². The molecule has 1 aromatic carbocycles. The van der Waals surface area contributed by atoms with E-state index in [1.807, 2.05) is 19.2 Å². The average Bonchev–Trinajstić information content (AvgIpc) is 2.42. The van der Waals surface area contributed by atoms with Gasteiger partial charge in [-0.3, -0.25) is 0 Å². The molecule has 3 heteroatoms. The molecule has 0 saturated heterocycles. The number of likely N-dealkylation sites (N-methyl/N-ethyl adjacent to an activating group) is 1. The lowest BCUT2D eigenvalue weighted by molar-refractivity contribution is 0.0424. The van der Waals surface area contributed by atoms with Crippen LogP contribution in [0.1, 0.15) is 31.2 Å². The van der Waals surface area contributed by atoms with Crippen molar-refractivity contribution in [2.24, 2.45) is 0 Å². The highest BCUT2D eigenvalue weighted by Gasteiger charge is 2.40. The van der Waals surface area contributed by atoms with Gasteiger partial charge in [0, 0.05) is 12.0 Å². The Labute approximate surface area is 109 Å². The summed E-state index contributed by atoms with van der Waals surface area (Å²) < 4.78 is 5.20. The molecule has 0 aromatic heterocycles. The summed E-state index contributed by atoms with van der Waals surface area (Å²) in [5.41, 5.74) is 1.07. The summed E-state index contributed by atoms with van der Waals surface area (Å²) in [6.45, 7) is 0.820. The van der Waals surface area contributed by atoms with Crippen molar-refractivity contribution in [2.45, 2.75) is 37.2 Å². The third-order valence-corrected chi connectivity index (χ3v) is 4.15. The second-order valence-corrected chi connectivity index (χ2v) is 5.18. The molecule has 1 fully saturated rings. The van der Waals surface area contributed by atoms with Crippen molar-refractivity contribution < 1.29 is 9.84 Å². The number of aliphatic hydroxyl groups is 1. The molecule has 0 heterocycles. The zero-order valence-electron chi connectivity index (χ0n) is 11.3. The molecule has 18 heavy (non-hydrogen) atoms. The highest BCUT2D eigenvalue weighted by Crippen LogP contribution is 2.39. The fourth-order valence-corrected chi connectivity index (χ4v) is 3.10. The van der Waals surface area contributed by atoms with Crippen LogP contribution >= 0.6 is 0 Å². The first kappa shape index (κ1) is 13.4. The van der Waals surface area contributed by atoms with Crippen LogP contribution in [0, 0.1) is 0 Å². The van der Waals surface area contributed by atoms with Crippen molar-refractivity contribution in [1.82, 2.24) is 5.32 Å². The van der Waals surface area contributed by atoms with Crippen LogP contribution in [-0.2, 0) is 5.41 Å². The van der Waals surface area contributed by atoms with Gasteiger partial charge in [-0.25, -0.2) is 0 Å². The molecule has 1 aromatic rings. The maximum Gasteiger partial charge on any atom is 0.118 e. The van der Waals surface area contributed by atoms with Crippen LogP contribution in [-0.4, -0.2) is 31.9 Å². The Bertz CT molecular complexity index is 373. The van der Waals surface area contributed by atoms with Gasteiger partial charge in [0.05, 0.1) is 13.2 Å². The van der Waals surface area contributed by atoms with Gasteiger partial charge < -0.3 is 15.2 Å². The second-order valence-electron chi connectivity index (χ2n) is 5.18. The molecule has 1 aliphatic rings. The number of rotatable bonds is 4. The van der Waals surface area contributed by atoms with Crippen LogP contribution in [0.4, 0.5) is 0 Å². The van der Waals surface area contributed by atoms with E-state index in [-0.39, 0.29) is 11.5 Å². The second kappa shape index (κ2) is 5.72. The number of benzene rings is 1. The molecular formula is C15H23NO2. The Balaban J connectivity index is 2.32. The van der Waals surface area contributed by atoms with Crippen molar-refractivity contribution in [2.75, 3.05) is 20.7 Å². The van der Waals surface area contributed by atoms with Crippen LogP contribution < -0.4 is 10.1 Å². The van der Waals surface area contributed by atoms with Gasteiger partial charge >= 0.3 is 0 Å². The lowest BCUT2D eigenvalue weighted by Crippen LogP contribution is -2.48. The highest BCUT2D eigenvalue weighted by atomic mass is 16.5. The summed E-state index contributed by atoms with van der Waals surface area (Å²) in [5.74, 6) is 0.864. The number of hydrogen-bond donors (Lipinski definition) is 2. The minimum atomic E-state index is -0.257. The number of nitrogens with one attached hydrogen (secondary N) is 1. The Kier molecular flexibility index (Phi) is 4.25. The molecule has 2 unspecified atom stereocenters. The number of methoxy groups -OCH3 is 1. The van der Waals surface area contributed by atoms with Crippen LogP contribution in [0.3, 0.4) is 0 Å². The lowest BCUT2D eigenvalue weighted by Gasteiger charge is -2.42. The minimum Gasteiger partial charge on any atom is -0.497 e. The molecule has 0 amide bonds. The number of hydrogen-bond acceptors (Lipinski definition) is 3. The summed E-state index contributed by atoms with van der Waals surface area (Å²) in [7, 11) is 3.63. The average molecular weight is 249 g/mol. The molecule has 2 N–H and O–H groups in total. The van der Waals surface area contributed by atoms with Crippen LogP contribution in [0.2, 0.25) is 0 Å².